The molecule has 0 aliphatic carbocycles. The predicted molar refractivity (Wildman–Crippen MR) is 76.9 cm³/mol. The Morgan fingerprint density at radius 1 is 1.33 bits per heavy atom. The zero-order chi connectivity index (χ0) is 13.8. The molecule has 3 N–H and O–H groups in total. The smallest absolute Gasteiger partial charge is 0.120 e. The minimum absolute atomic E-state index is 0.206. The lowest BCUT2D eigenvalue weighted by molar-refractivity contribution is 0.287. The van der Waals surface area contributed by atoms with Crippen molar-refractivity contribution < 1.29 is 4.74 Å². The molecule has 1 aromatic carbocycles. The number of hydrogen-bond donors (Lipinski definition) is 2. The largest absolute Gasteiger partial charge is 0.494 e. The first-order valence-electron chi connectivity index (χ1n) is 5.75. The van der Waals surface area contributed by atoms with Crippen molar-refractivity contribution in [1.82, 2.24) is 0 Å². The van der Waals surface area contributed by atoms with Crippen LogP contribution in [0.5, 0.6) is 5.75 Å². The number of nitrogens with two attached hydrogens (primary N) is 1. The summed E-state index contributed by atoms with van der Waals surface area (Å²) in [5, 5.41) is 8.45. The van der Waals surface area contributed by atoms with Crippen LogP contribution in [0.15, 0.2) is 18.2 Å². The van der Waals surface area contributed by atoms with Gasteiger partial charge in [-0.2, -0.15) is 0 Å². The Morgan fingerprint density at radius 2 is 2.00 bits per heavy atom. The zero-order valence-electron chi connectivity index (χ0n) is 10.6. The van der Waals surface area contributed by atoms with E-state index in [4.69, 9.17) is 39.1 Å². The molecule has 0 radical (unpaired) electrons. The fourth-order valence-corrected chi connectivity index (χ4v) is 1.69. The van der Waals surface area contributed by atoms with E-state index in [2.05, 4.69) is 0 Å². The Balaban J connectivity index is 2.38. The van der Waals surface area contributed by atoms with Gasteiger partial charge in [-0.15, -0.1) is 0 Å². The molecule has 3 nitrogen and oxygen atoms in total. The molecule has 0 heterocycles. The number of halogens is 2. The van der Waals surface area contributed by atoms with Crippen LogP contribution in [0.3, 0.4) is 0 Å². The third-order valence-electron chi connectivity index (χ3n) is 2.84. The molecule has 0 unspecified atom stereocenters. The minimum Gasteiger partial charge on any atom is -0.494 e. The molecule has 0 aromatic heterocycles. The van der Waals surface area contributed by atoms with Crippen LogP contribution in [0.4, 0.5) is 0 Å². The Hall–Kier alpha value is -0.930. The highest BCUT2D eigenvalue weighted by molar-refractivity contribution is 6.42. The molecule has 0 spiro atoms. The maximum atomic E-state index is 7.45. The number of benzene rings is 1. The standard InChI is InChI=1S/C13H18Cl2N2O/c1-13(2,12(16)17)6-3-7-18-9-4-5-10(14)11(15)8-9/h4-5,8H,3,6-7H2,1-2H3,(H3,16,17). The monoisotopic (exact) mass is 288 g/mol. The number of ether oxygens (including phenoxy) is 1. The quantitative estimate of drug-likeness (QED) is 0.470. The van der Waals surface area contributed by atoms with Gasteiger partial charge in [0.2, 0.25) is 0 Å². The normalized spacial score (nSPS) is 11.3. The molecule has 1 aromatic rings. The Kier molecular flexibility index (Phi) is 5.29. The second-order valence-electron chi connectivity index (χ2n) is 4.83. The van der Waals surface area contributed by atoms with E-state index in [0.717, 1.165) is 12.8 Å². The lowest BCUT2D eigenvalue weighted by atomic mass is 9.87. The first kappa shape index (κ1) is 15.1. The van der Waals surface area contributed by atoms with E-state index in [-0.39, 0.29) is 11.3 Å². The third kappa shape index (κ3) is 4.39. The van der Waals surface area contributed by atoms with E-state index < -0.39 is 0 Å². The molecule has 0 bridgehead atoms. The van der Waals surface area contributed by atoms with Gasteiger partial charge in [0.25, 0.3) is 0 Å². The van der Waals surface area contributed by atoms with Crippen LogP contribution in [0.2, 0.25) is 10.0 Å². The zero-order valence-corrected chi connectivity index (χ0v) is 12.1. The van der Waals surface area contributed by atoms with Crippen LogP contribution in [-0.2, 0) is 0 Å². The van der Waals surface area contributed by atoms with Gasteiger partial charge in [-0.3, -0.25) is 5.41 Å². The fourth-order valence-electron chi connectivity index (χ4n) is 1.41. The highest BCUT2D eigenvalue weighted by atomic mass is 35.5. The maximum absolute atomic E-state index is 7.45. The number of rotatable bonds is 6. The summed E-state index contributed by atoms with van der Waals surface area (Å²) in [6, 6.07) is 5.18. The molecular formula is C13H18Cl2N2O. The number of nitrogens with one attached hydrogen (secondary N) is 1. The summed E-state index contributed by atoms with van der Waals surface area (Å²) in [5.74, 6) is 0.905. The van der Waals surface area contributed by atoms with Crippen molar-refractivity contribution in [2.24, 2.45) is 11.1 Å². The highest BCUT2D eigenvalue weighted by Gasteiger charge is 2.20. The van der Waals surface area contributed by atoms with Crippen molar-refractivity contribution in [1.29, 1.82) is 5.41 Å². The summed E-state index contributed by atoms with van der Waals surface area (Å²) in [5.41, 5.74) is 5.23. The van der Waals surface area contributed by atoms with Crippen LogP contribution in [0.1, 0.15) is 26.7 Å². The molecule has 5 heteroatoms. The number of amidine groups is 1. The predicted octanol–water partition coefficient (Wildman–Crippen LogP) is 4.11. The van der Waals surface area contributed by atoms with Crippen molar-refractivity contribution in [3.8, 4) is 5.75 Å². The average molecular weight is 289 g/mol. The first-order valence-corrected chi connectivity index (χ1v) is 6.51. The summed E-state index contributed by atoms with van der Waals surface area (Å²) >= 11 is 11.7. The molecule has 0 fully saturated rings. The van der Waals surface area contributed by atoms with E-state index in [1.54, 1.807) is 18.2 Å². The summed E-state index contributed by atoms with van der Waals surface area (Å²) in [4.78, 5) is 0. The molecule has 0 saturated carbocycles. The topological polar surface area (TPSA) is 59.1 Å². The minimum atomic E-state index is -0.277. The van der Waals surface area contributed by atoms with Gasteiger partial charge in [0.05, 0.1) is 22.5 Å². The van der Waals surface area contributed by atoms with Gasteiger partial charge in [0.1, 0.15) is 5.75 Å². The van der Waals surface area contributed by atoms with E-state index in [1.807, 2.05) is 13.8 Å². The Labute approximate surface area is 118 Å². The molecule has 0 saturated heterocycles. The summed E-state index contributed by atoms with van der Waals surface area (Å²) in [6.45, 7) is 4.47. The van der Waals surface area contributed by atoms with Crippen LogP contribution < -0.4 is 10.5 Å². The van der Waals surface area contributed by atoms with Crippen molar-refractivity contribution in [3.05, 3.63) is 28.2 Å². The summed E-state index contributed by atoms with van der Waals surface area (Å²) < 4.78 is 5.56. The van der Waals surface area contributed by atoms with Gasteiger partial charge in [-0.05, 0) is 25.0 Å². The third-order valence-corrected chi connectivity index (χ3v) is 3.57. The van der Waals surface area contributed by atoms with Gasteiger partial charge in [0.15, 0.2) is 0 Å². The molecule has 0 amide bonds. The first-order chi connectivity index (χ1) is 8.33. The van der Waals surface area contributed by atoms with E-state index in [9.17, 15) is 0 Å². The van der Waals surface area contributed by atoms with Crippen molar-refractivity contribution >= 4 is 29.0 Å². The van der Waals surface area contributed by atoms with Gasteiger partial charge < -0.3 is 10.5 Å². The number of hydrogen-bond acceptors (Lipinski definition) is 2. The van der Waals surface area contributed by atoms with Crippen LogP contribution >= 0.6 is 23.2 Å². The van der Waals surface area contributed by atoms with Gasteiger partial charge >= 0.3 is 0 Å². The lowest BCUT2D eigenvalue weighted by Crippen LogP contribution is -2.31. The maximum Gasteiger partial charge on any atom is 0.120 e. The van der Waals surface area contributed by atoms with E-state index >= 15 is 0 Å². The van der Waals surface area contributed by atoms with Crippen molar-refractivity contribution in [2.75, 3.05) is 6.61 Å². The van der Waals surface area contributed by atoms with Gasteiger partial charge in [-0.25, -0.2) is 0 Å². The second-order valence-corrected chi connectivity index (χ2v) is 5.64. The molecule has 18 heavy (non-hydrogen) atoms. The van der Waals surface area contributed by atoms with Crippen molar-refractivity contribution in [2.45, 2.75) is 26.7 Å². The van der Waals surface area contributed by atoms with Crippen molar-refractivity contribution in [3.63, 3.8) is 0 Å². The second kappa shape index (κ2) is 6.30. The molecule has 0 aliphatic heterocycles. The fraction of sp³-hybridized carbons (Fsp3) is 0.462. The molecule has 100 valence electrons. The molecule has 1 rings (SSSR count). The van der Waals surface area contributed by atoms with Gasteiger partial charge in [0, 0.05) is 11.5 Å². The molecular weight excluding hydrogens is 271 g/mol. The van der Waals surface area contributed by atoms with Crippen LogP contribution in [0, 0.1) is 10.8 Å². The van der Waals surface area contributed by atoms with E-state index in [0.29, 0.717) is 22.4 Å². The molecule has 0 atom stereocenters. The highest BCUT2D eigenvalue weighted by Crippen LogP contribution is 2.27. The Bertz CT molecular complexity index is 433. The van der Waals surface area contributed by atoms with E-state index in [1.165, 1.54) is 0 Å². The summed E-state index contributed by atoms with van der Waals surface area (Å²) in [6.07, 6.45) is 1.64. The van der Waals surface area contributed by atoms with Crippen LogP contribution in [0.25, 0.3) is 0 Å². The Morgan fingerprint density at radius 3 is 2.56 bits per heavy atom. The SMILES string of the molecule is CC(C)(CCCOc1ccc(Cl)c(Cl)c1)C(=N)N. The summed E-state index contributed by atoms with van der Waals surface area (Å²) in [7, 11) is 0. The molecule has 0 aliphatic rings. The van der Waals surface area contributed by atoms with Gasteiger partial charge in [-0.1, -0.05) is 37.0 Å². The lowest BCUT2D eigenvalue weighted by Gasteiger charge is -2.22. The average Bonchev–Trinajstić information content (AvgIpc) is 2.29. The van der Waals surface area contributed by atoms with Crippen LogP contribution in [-0.4, -0.2) is 12.4 Å².